The van der Waals surface area contributed by atoms with Crippen molar-refractivity contribution in [1.29, 1.82) is 0 Å². The number of halogens is 1. The summed E-state index contributed by atoms with van der Waals surface area (Å²) in [4.78, 5) is 34.5. The Balaban J connectivity index is 3.22. The molecule has 0 aromatic carbocycles. The van der Waals surface area contributed by atoms with Crippen molar-refractivity contribution in [1.82, 2.24) is 0 Å². The van der Waals surface area contributed by atoms with Crippen molar-refractivity contribution in [3.63, 3.8) is 0 Å². The van der Waals surface area contributed by atoms with Crippen LogP contribution in [0.1, 0.15) is 35.0 Å². The molecule has 1 heterocycles. The Morgan fingerprint density at radius 1 is 1.22 bits per heavy atom. The summed E-state index contributed by atoms with van der Waals surface area (Å²) in [5.74, 6) is -2.33. The molecule has 98 valence electrons. The van der Waals surface area contributed by atoms with E-state index in [-0.39, 0.29) is 29.2 Å². The van der Waals surface area contributed by atoms with Crippen LogP contribution in [0.25, 0.3) is 0 Å². The smallest absolute Gasteiger partial charge is 0.375 e. The first-order valence-electron chi connectivity index (χ1n) is 5.19. The van der Waals surface area contributed by atoms with Crippen LogP contribution < -0.4 is 5.43 Å². The van der Waals surface area contributed by atoms with Gasteiger partial charge < -0.3 is 13.9 Å². The van der Waals surface area contributed by atoms with Gasteiger partial charge in [0.2, 0.25) is 16.9 Å². The van der Waals surface area contributed by atoms with Gasteiger partial charge in [-0.15, -0.1) is 0 Å². The van der Waals surface area contributed by atoms with Crippen LogP contribution in [0, 0.1) is 0 Å². The van der Waals surface area contributed by atoms with Crippen molar-refractivity contribution in [3.8, 4) is 0 Å². The van der Waals surface area contributed by atoms with Crippen molar-refractivity contribution in [2.75, 3.05) is 13.2 Å². The molecule has 0 atom stereocenters. The second-order valence-corrected chi connectivity index (χ2v) is 3.85. The number of esters is 2. The van der Waals surface area contributed by atoms with Crippen molar-refractivity contribution in [3.05, 3.63) is 32.3 Å². The zero-order chi connectivity index (χ0) is 13.7. The van der Waals surface area contributed by atoms with E-state index in [9.17, 15) is 14.4 Å². The minimum Gasteiger partial charge on any atom is -0.460 e. The quantitative estimate of drug-likeness (QED) is 0.786. The molecule has 0 aliphatic carbocycles. The second kappa shape index (κ2) is 6.34. The summed E-state index contributed by atoms with van der Waals surface area (Å²) in [5, 5.41) is 0. The van der Waals surface area contributed by atoms with Crippen LogP contribution in [-0.4, -0.2) is 25.2 Å². The van der Waals surface area contributed by atoms with Crippen LogP contribution in [0.4, 0.5) is 0 Å². The maximum absolute atomic E-state index is 11.6. The van der Waals surface area contributed by atoms with Crippen molar-refractivity contribution >= 4 is 27.9 Å². The average Bonchev–Trinajstić information content (AvgIpc) is 2.32. The third-order valence-corrected chi connectivity index (χ3v) is 2.58. The largest absolute Gasteiger partial charge is 0.460 e. The molecule has 0 aliphatic rings. The average molecular weight is 319 g/mol. The maximum atomic E-state index is 11.6. The minimum absolute atomic E-state index is 0.0889. The highest BCUT2D eigenvalue weighted by atomic mass is 79.9. The van der Waals surface area contributed by atoms with E-state index in [1.54, 1.807) is 13.8 Å². The minimum atomic E-state index is -0.826. The van der Waals surface area contributed by atoms with Gasteiger partial charge in [-0.05, 0) is 29.8 Å². The van der Waals surface area contributed by atoms with Gasteiger partial charge in [0.1, 0.15) is 4.47 Å². The van der Waals surface area contributed by atoms with Crippen LogP contribution in [0.15, 0.2) is 19.8 Å². The fraction of sp³-hybridized carbons (Fsp3) is 0.364. The molecule has 0 radical (unpaired) electrons. The predicted octanol–water partition coefficient (Wildman–Crippen LogP) is 1.76. The molecule has 6 nitrogen and oxygen atoms in total. The van der Waals surface area contributed by atoms with Gasteiger partial charge in [-0.2, -0.15) is 0 Å². The van der Waals surface area contributed by atoms with Gasteiger partial charge in [0.15, 0.2) is 0 Å². The summed E-state index contributed by atoms with van der Waals surface area (Å²) in [6.45, 7) is 3.48. The van der Waals surface area contributed by atoms with Crippen molar-refractivity contribution in [2.24, 2.45) is 0 Å². The lowest BCUT2D eigenvalue weighted by molar-refractivity contribution is 0.0445. The Morgan fingerprint density at radius 3 is 2.33 bits per heavy atom. The lowest BCUT2D eigenvalue weighted by Gasteiger charge is -2.05. The van der Waals surface area contributed by atoms with Gasteiger partial charge in [-0.25, -0.2) is 9.59 Å². The Bertz CT molecular complexity index is 519. The Morgan fingerprint density at radius 2 is 1.78 bits per heavy atom. The highest BCUT2D eigenvalue weighted by Crippen LogP contribution is 2.16. The molecule has 0 bridgehead atoms. The van der Waals surface area contributed by atoms with Gasteiger partial charge in [0.25, 0.3) is 0 Å². The van der Waals surface area contributed by atoms with E-state index in [1.165, 1.54) is 0 Å². The highest BCUT2D eigenvalue weighted by molar-refractivity contribution is 9.10. The molecule has 18 heavy (non-hydrogen) atoms. The Labute approximate surface area is 111 Å². The zero-order valence-electron chi connectivity index (χ0n) is 9.82. The molecule has 0 saturated heterocycles. The van der Waals surface area contributed by atoms with Crippen LogP contribution >= 0.6 is 15.9 Å². The number of hydrogen-bond acceptors (Lipinski definition) is 6. The van der Waals surface area contributed by atoms with E-state index in [1.807, 2.05) is 0 Å². The third kappa shape index (κ3) is 3.19. The summed E-state index contributed by atoms with van der Waals surface area (Å²) in [7, 11) is 0. The molecule has 0 N–H and O–H groups in total. The van der Waals surface area contributed by atoms with Crippen molar-refractivity contribution < 1.29 is 23.5 Å². The first kappa shape index (κ1) is 14.4. The van der Waals surface area contributed by atoms with E-state index in [4.69, 9.17) is 9.15 Å². The molecular weight excluding hydrogens is 308 g/mol. The van der Waals surface area contributed by atoms with Crippen LogP contribution in [0.3, 0.4) is 0 Å². The lowest BCUT2D eigenvalue weighted by atomic mass is 10.3. The Hall–Kier alpha value is -1.63. The van der Waals surface area contributed by atoms with Gasteiger partial charge in [-0.3, -0.25) is 4.79 Å². The summed E-state index contributed by atoms with van der Waals surface area (Å²) < 4.78 is 14.3. The zero-order valence-corrected chi connectivity index (χ0v) is 11.4. The lowest BCUT2D eigenvalue weighted by Crippen LogP contribution is -2.16. The van der Waals surface area contributed by atoms with Gasteiger partial charge in [-0.1, -0.05) is 0 Å². The van der Waals surface area contributed by atoms with Crippen LogP contribution in [0.2, 0.25) is 0 Å². The number of rotatable bonds is 4. The van der Waals surface area contributed by atoms with E-state index in [0.717, 1.165) is 6.07 Å². The standard InChI is InChI=1S/C11H11BrO6/c1-3-16-10(14)7-5-6(13)8(12)9(18-7)11(15)17-4-2/h5H,3-4H2,1-2H3. The summed E-state index contributed by atoms with van der Waals surface area (Å²) in [6, 6.07) is 0.949. The molecule has 1 aromatic rings. The molecule has 0 aliphatic heterocycles. The molecule has 7 heteroatoms. The molecule has 1 aromatic heterocycles. The first-order chi connectivity index (χ1) is 8.51. The maximum Gasteiger partial charge on any atom is 0.375 e. The highest BCUT2D eigenvalue weighted by Gasteiger charge is 2.21. The van der Waals surface area contributed by atoms with Crippen LogP contribution in [-0.2, 0) is 9.47 Å². The summed E-state index contributed by atoms with van der Waals surface area (Å²) in [5.41, 5.74) is -0.563. The molecular formula is C11H11BrO6. The van der Waals surface area contributed by atoms with Gasteiger partial charge in [0, 0.05) is 6.07 Å². The first-order valence-corrected chi connectivity index (χ1v) is 5.98. The molecule has 0 amide bonds. The second-order valence-electron chi connectivity index (χ2n) is 3.06. The summed E-state index contributed by atoms with van der Waals surface area (Å²) in [6.07, 6.45) is 0. The molecule has 0 unspecified atom stereocenters. The molecule has 1 rings (SSSR count). The molecule has 0 saturated carbocycles. The third-order valence-electron chi connectivity index (χ3n) is 1.83. The molecule has 0 fully saturated rings. The monoisotopic (exact) mass is 318 g/mol. The predicted molar refractivity (Wildman–Crippen MR) is 64.6 cm³/mol. The number of hydrogen-bond donors (Lipinski definition) is 0. The molecule has 0 spiro atoms. The van der Waals surface area contributed by atoms with E-state index >= 15 is 0 Å². The topological polar surface area (TPSA) is 82.8 Å². The number of carbonyl (C=O) groups excluding carboxylic acids is 2. The number of carbonyl (C=O) groups is 2. The van der Waals surface area contributed by atoms with Gasteiger partial charge in [0.05, 0.1) is 13.2 Å². The normalized spacial score (nSPS) is 9.94. The van der Waals surface area contributed by atoms with E-state index < -0.39 is 17.4 Å². The Kier molecular flexibility index (Phi) is 5.08. The van der Waals surface area contributed by atoms with Crippen LogP contribution in [0.5, 0.6) is 0 Å². The van der Waals surface area contributed by atoms with Gasteiger partial charge >= 0.3 is 11.9 Å². The summed E-state index contributed by atoms with van der Waals surface area (Å²) >= 11 is 2.91. The van der Waals surface area contributed by atoms with Crippen molar-refractivity contribution in [2.45, 2.75) is 13.8 Å². The fourth-order valence-electron chi connectivity index (χ4n) is 1.11. The SMILES string of the molecule is CCOC(=O)c1cc(=O)c(Br)c(C(=O)OCC)o1. The number of ether oxygens (including phenoxy) is 2. The fourth-order valence-corrected chi connectivity index (χ4v) is 1.47. The van der Waals surface area contributed by atoms with E-state index in [2.05, 4.69) is 20.7 Å². The van der Waals surface area contributed by atoms with E-state index in [0.29, 0.717) is 0 Å².